The third-order valence-corrected chi connectivity index (χ3v) is 3.82. The van der Waals surface area contributed by atoms with Crippen molar-refractivity contribution in [2.75, 3.05) is 20.6 Å². The van der Waals surface area contributed by atoms with Crippen LogP contribution < -0.4 is 0 Å². The first-order chi connectivity index (χ1) is 10.8. The molecule has 23 heavy (non-hydrogen) atoms. The fourth-order valence-electron chi connectivity index (χ4n) is 1.88. The molecule has 1 aliphatic rings. The highest BCUT2D eigenvalue weighted by atomic mass is 16.6. The standard InChI is InChI=1S/C18H29N3O2/c1-8-11-12-15(9-2)20(7)21-14-16(21)13-19(6)17(22)23-18(4,5)10-3/h8-9,11-12,14H,1,10,13H2,2-7H3/b12-11+,15-9+. The summed E-state index contributed by atoms with van der Waals surface area (Å²) in [6.45, 7) is 12.0. The molecule has 0 aromatic rings. The number of nitrogens with zero attached hydrogens (tertiary/aromatic N) is 3. The molecule has 0 bridgehead atoms. The molecule has 0 radical (unpaired) electrons. The van der Waals surface area contributed by atoms with E-state index >= 15 is 0 Å². The van der Waals surface area contributed by atoms with Gasteiger partial charge in [-0.05, 0) is 33.3 Å². The average Bonchev–Trinajstić information content (AvgIpc) is 3.26. The molecule has 0 spiro atoms. The SMILES string of the molecule is C=C/C=C/C(=C\C)N(C)N1C=C1CN(C)C(=O)OC(C)(C)CC. The number of hydrazine groups is 1. The molecule has 0 atom stereocenters. The molecule has 1 aliphatic heterocycles. The number of hydrogen-bond acceptors (Lipinski definition) is 4. The van der Waals surface area contributed by atoms with Crippen molar-refractivity contribution in [1.82, 2.24) is 14.9 Å². The molecule has 5 heteroatoms. The Morgan fingerprint density at radius 3 is 2.61 bits per heavy atom. The van der Waals surface area contributed by atoms with E-state index in [0.29, 0.717) is 6.54 Å². The Balaban J connectivity index is 2.52. The van der Waals surface area contributed by atoms with E-state index in [-0.39, 0.29) is 6.09 Å². The lowest BCUT2D eigenvalue weighted by atomic mass is 10.1. The molecular formula is C18H29N3O2. The van der Waals surface area contributed by atoms with Crippen LogP contribution in [0.1, 0.15) is 34.1 Å². The second-order valence-corrected chi connectivity index (χ2v) is 6.13. The van der Waals surface area contributed by atoms with Crippen LogP contribution in [-0.4, -0.2) is 47.3 Å². The summed E-state index contributed by atoms with van der Waals surface area (Å²) in [7, 11) is 3.73. The molecule has 128 valence electrons. The van der Waals surface area contributed by atoms with Gasteiger partial charge in [-0.25, -0.2) is 4.79 Å². The Morgan fingerprint density at radius 1 is 1.43 bits per heavy atom. The normalized spacial score (nSPS) is 14.6. The maximum absolute atomic E-state index is 12.1. The summed E-state index contributed by atoms with van der Waals surface area (Å²) in [6.07, 6.45) is 10.1. The molecule has 1 heterocycles. The number of carbonyl (C=O) groups is 1. The summed E-state index contributed by atoms with van der Waals surface area (Å²) in [5.41, 5.74) is 1.67. The van der Waals surface area contributed by atoms with Crippen molar-refractivity contribution in [3.05, 3.63) is 48.5 Å². The average molecular weight is 319 g/mol. The zero-order valence-corrected chi connectivity index (χ0v) is 15.2. The quantitative estimate of drug-likeness (QED) is 0.636. The first-order valence-electron chi connectivity index (χ1n) is 7.88. The number of allylic oxidation sites excluding steroid dienone is 4. The van der Waals surface area contributed by atoms with Gasteiger partial charge in [-0.15, -0.1) is 0 Å². The molecule has 1 rings (SSSR count). The van der Waals surface area contributed by atoms with Gasteiger partial charge in [0.25, 0.3) is 0 Å². The minimum absolute atomic E-state index is 0.301. The van der Waals surface area contributed by atoms with Crippen LogP contribution in [0.2, 0.25) is 0 Å². The summed E-state index contributed by atoms with van der Waals surface area (Å²) in [5.74, 6) is 0. The van der Waals surface area contributed by atoms with Gasteiger partial charge >= 0.3 is 6.09 Å². The lowest BCUT2D eigenvalue weighted by Gasteiger charge is -2.28. The fourth-order valence-corrected chi connectivity index (χ4v) is 1.88. The monoisotopic (exact) mass is 319 g/mol. The van der Waals surface area contributed by atoms with E-state index in [0.717, 1.165) is 17.8 Å². The number of likely N-dealkylation sites (N-methyl/N-ethyl adjacent to an activating group) is 2. The van der Waals surface area contributed by atoms with Gasteiger partial charge in [0.2, 0.25) is 0 Å². The Bertz CT molecular complexity index is 532. The van der Waals surface area contributed by atoms with Gasteiger partial charge in [-0.2, -0.15) is 0 Å². The Morgan fingerprint density at radius 2 is 2.09 bits per heavy atom. The summed E-state index contributed by atoms with van der Waals surface area (Å²) in [6, 6.07) is 0. The Labute approximate surface area is 140 Å². The lowest BCUT2D eigenvalue weighted by molar-refractivity contribution is 0.0163. The zero-order chi connectivity index (χ0) is 17.6. The molecule has 0 fully saturated rings. The van der Waals surface area contributed by atoms with Gasteiger partial charge in [0.05, 0.1) is 24.1 Å². The van der Waals surface area contributed by atoms with E-state index in [1.165, 1.54) is 0 Å². The molecule has 0 aliphatic carbocycles. The van der Waals surface area contributed by atoms with Crippen molar-refractivity contribution in [2.45, 2.75) is 39.7 Å². The fraction of sp³-hybridized carbons (Fsp3) is 0.500. The highest BCUT2D eigenvalue weighted by Crippen LogP contribution is 2.27. The predicted octanol–water partition coefficient (Wildman–Crippen LogP) is 3.89. The third-order valence-electron chi connectivity index (χ3n) is 3.82. The van der Waals surface area contributed by atoms with Gasteiger partial charge in [-0.3, -0.25) is 10.0 Å². The van der Waals surface area contributed by atoms with Gasteiger partial charge in [0.15, 0.2) is 0 Å². The third kappa shape index (κ3) is 5.51. The second kappa shape index (κ2) is 7.90. The molecular weight excluding hydrogens is 290 g/mol. The summed E-state index contributed by atoms with van der Waals surface area (Å²) in [5, 5.41) is 4.03. The van der Waals surface area contributed by atoms with Crippen molar-refractivity contribution in [2.24, 2.45) is 0 Å². The van der Waals surface area contributed by atoms with Gasteiger partial charge < -0.3 is 9.64 Å². The van der Waals surface area contributed by atoms with Crippen LogP contribution in [0.3, 0.4) is 0 Å². The van der Waals surface area contributed by atoms with E-state index in [1.54, 1.807) is 18.0 Å². The van der Waals surface area contributed by atoms with Crippen LogP contribution in [0.4, 0.5) is 4.79 Å². The van der Waals surface area contributed by atoms with Crippen LogP contribution in [0.25, 0.3) is 0 Å². The highest BCUT2D eigenvalue weighted by Gasteiger charge is 2.30. The molecule has 0 aromatic heterocycles. The first kappa shape index (κ1) is 18.9. The summed E-state index contributed by atoms with van der Waals surface area (Å²) in [4.78, 5) is 13.7. The largest absolute Gasteiger partial charge is 0.443 e. The smallest absolute Gasteiger partial charge is 0.410 e. The van der Waals surface area contributed by atoms with E-state index < -0.39 is 5.60 Å². The number of rotatable bonds is 8. The minimum Gasteiger partial charge on any atom is -0.443 e. The van der Waals surface area contributed by atoms with Crippen LogP contribution in [0, 0.1) is 0 Å². The van der Waals surface area contributed by atoms with Crippen molar-refractivity contribution in [3.63, 3.8) is 0 Å². The van der Waals surface area contributed by atoms with Crippen molar-refractivity contribution in [3.8, 4) is 0 Å². The van der Waals surface area contributed by atoms with Gasteiger partial charge in [0.1, 0.15) is 5.60 Å². The van der Waals surface area contributed by atoms with Crippen LogP contribution in [-0.2, 0) is 4.74 Å². The van der Waals surface area contributed by atoms with E-state index in [2.05, 4.69) is 6.58 Å². The topological polar surface area (TPSA) is 35.8 Å². The van der Waals surface area contributed by atoms with Crippen molar-refractivity contribution < 1.29 is 9.53 Å². The maximum Gasteiger partial charge on any atom is 0.410 e. The summed E-state index contributed by atoms with van der Waals surface area (Å²) >= 11 is 0. The van der Waals surface area contributed by atoms with Crippen molar-refractivity contribution >= 4 is 6.09 Å². The first-order valence-corrected chi connectivity index (χ1v) is 7.88. The lowest BCUT2D eigenvalue weighted by Crippen LogP contribution is -2.37. The number of hydrogen-bond donors (Lipinski definition) is 0. The highest BCUT2D eigenvalue weighted by molar-refractivity contribution is 5.68. The summed E-state index contributed by atoms with van der Waals surface area (Å²) < 4.78 is 5.49. The molecule has 1 amide bonds. The minimum atomic E-state index is -0.437. The van der Waals surface area contributed by atoms with Crippen LogP contribution in [0.5, 0.6) is 0 Å². The molecule has 5 nitrogen and oxygen atoms in total. The van der Waals surface area contributed by atoms with E-state index in [4.69, 9.17) is 4.74 Å². The van der Waals surface area contributed by atoms with Gasteiger partial charge in [-0.1, -0.05) is 31.7 Å². The van der Waals surface area contributed by atoms with E-state index in [1.807, 2.05) is 69.2 Å². The maximum atomic E-state index is 12.1. The number of ether oxygens (including phenoxy) is 1. The van der Waals surface area contributed by atoms with E-state index in [9.17, 15) is 4.79 Å². The molecule has 0 aromatic carbocycles. The second-order valence-electron chi connectivity index (χ2n) is 6.13. The molecule has 0 saturated carbocycles. The zero-order valence-electron chi connectivity index (χ0n) is 15.2. The molecule has 0 unspecified atom stereocenters. The van der Waals surface area contributed by atoms with Crippen molar-refractivity contribution in [1.29, 1.82) is 0 Å². The number of carbonyl (C=O) groups excluding carboxylic acids is 1. The van der Waals surface area contributed by atoms with Gasteiger partial charge in [0, 0.05) is 14.1 Å². The Kier molecular flexibility index (Phi) is 6.49. The Hall–Kier alpha value is -2.17. The predicted molar refractivity (Wildman–Crippen MR) is 94.3 cm³/mol. The van der Waals surface area contributed by atoms with Crippen LogP contribution in [0.15, 0.2) is 48.5 Å². The molecule has 0 saturated heterocycles. The number of amides is 1. The van der Waals surface area contributed by atoms with Crippen LogP contribution >= 0.6 is 0 Å². The molecule has 0 N–H and O–H groups in total.